The summed E-state index contributed by atoms with van der Waals surface area (Å²) in [4.78, 5) is 18.7. The number of imidazole rings is 1. The lowest BCUT2D eigenvalue weighted by molar-refractivity contribution is 0.283. The molecule has 8 nitrogen and oxygen atoms in total. The largest absolute Gasteiger partial charge is 0.488 e. The molecule has 0 saturated heterocycles. The molecule has 0 unspecified atom stereocenters. The standard InChI is InChI=1S/C27H21FN4O4/c1-15(26-30-27(34)36-31-26)24-20-7-5-16(9-18(20)13-35-23-10-19(28)6-8-21(23)24)11-32-14-29-25-17(12-33)3-2-4-22(25)32/h2-10,14,33H,11-13H2,1H3,(H,30,31,34)/b24-15+. The van der Waals surface area contributed by atoms with Crippen molar-refractivity contribution >= 4 is 22.2 Å². The number of para-hydroxylation sites is 1. The van der Waals surface area contributed by atoms with Crippen LogP contribution >= 0.6 is 0 Å². The van der Waals surface area contributed by atoms with Gasteiger partial charge in [0.2, 0.25) is 0 Å². The molecule has 0 amide bonds. The number of aliphatic hydroxyl groups excluding tert-OH is 1. The van der Waals surface area contributed by atoms with Crippen molar-refractivity contribution < 1.29 is 18.8 Å². The number of nitrogens with one attached hydrogen (secondary N) is 1. The van der Waals surface area contributed by atoms with Crippen molar-refractivity contribution in [1.29, 1.82) is 0 Å². The van der Waals surface area contributed by atoms with Crippen molar-refractivity contribution in [2.75, 3.05) is 0 Å². The molecule has 3 aromatic carbocycles. The average Bonchev–Trinajstić information content (AvgIpc) is 3.46. The molecule has 0 atom stereocenters. The fourth-order valence-corrected chi connectivity index (χ4v) is 4.74. The maximum Gasteiger partial charge on any atom is 0.439 e. The summed E-state index contributed by atoms with van der Waals surface area (Å²) in [6.07, 6.45) is 1.76. The number of aliphatic hydroxyl groups is 1. The van der Waals surface area contributed by atoms with Gasteiger partial charge in [0.05, 0.1) is 24.0 Å². The van der Waals surface area contributed by atoms with E-state index in [0.717, 1.165) is 38.9 Å². The first-order valence-corrected chi connectivity index (χ1v) is 11.4. The van der Waals surface area contributed by atoms with Gasteiger partial charge >= 0.3 is 5.76 Å². The number of allylic oxidation sites excluding steroid dienone is 1. The number of halogens is 1. The summed E-state index contributed by atoms with van der Waals surface area (Å²) in [5, 5.41) is 13.5. The zero-order valence-corrected chi connectivity index (χ0v) is 19.3. The maximum atomic E-state index is 14.1. The quantitative estimate of drug-likeness (QED) is 0.395. The van der Waals surface area contributed by atoms with Crippen molar-refractivity contribution in [2.24, 2.45) is 0 Å². The van der Waals surface area contributed by atoms with Gasteiger partial charge in [-0.15, -0.1) is 0 Å². The number of aromatic amines is 1. The lowest BCUT2D eigenvalue weighted by Crippen LogP contribution is -2.03. The predicted octanol–water partition coefficient (Wildman–Crippen LogP) is 4.26. The van der Waals surface area contributed by atoms with E-state index < -0.39 is 11.6 Å². The van der Waals surface area contributed by atoms with Crippen LogP contribution in [0.15, 0.2) is 70.2 Å². The van der Waals surface area contributed by atoms with E-state index >= 15 is 0 Å². The molecule has 6 rings (SSSR count). The third kappa shape index (κ3) is 3.70. The third-order valence-electron chi connectivity index (χ3n) is 6.46. The van der Waals surface area contributed by atoms with Crippen LogP contribution in [0.2, 0.25) is 0 Å². The normalized spacial score (nSPS) is 14.2. The van der Waals surface area contributed by atoms with E-state index in [9.17, 15) is 14.3 Å². The van der Waals surface area contributed by atoms with Crippen LogP contribution in [-0.4, -0.2) is 24.8 Å². The minimum absolute atomic E-state index is 0.0725. The number of benzene rings is 3. The lowest BCUT2D eigenvalue weighted by atomic mass is 9.89. The summed E-state index contributed by atoms with van der Waals surface area (Å²) < 4.78 is 26.9. The summed E-state index contributed by atoms with van der Waals surface area (Å²) in [6, 6.07) is 16.2. The number of hydrogen-bond acceptors (Lipinski definition) is 6. The number of nitrogens with zero attached hydrogens (tertiary/aromatic N) is 3. The van der Waals surface area contributed by atoms with Crippen LogP contribution in [0, 0.1) is 5.82 Å². The first-order chi connectivity index (χ1) is 17.5. The van der Waals surface area contributed by atoms with Crippen molar-refractivity contribution in [3.63, 3.8) is 0 Å². The second kappa shape index (κ2) is 8.62. The number of aromatic nitrogens is 4. The SMILES string of the molecule is C/C(=C1/c2ccc(Cn3cnc4c(CO)cccc43)cc2COc2cc(F)ccc21)c1noc(=O)[nH]1. The summed E-state index contributed by atoms with van der Waals surface area (Å²) >= 11 is 0. The molecule has 2 aromatic heterocycles. The number of fused-ring (bicyclic) bond motifs is 3. The molecule has 36 heavy (non-hydrogen) atoms. The van der Waals surface area contributed by atoms with Gasteiger partial charge in [0.1, 0.15) is 18.2 Å². The van der Waals surface area contributed by atoms with E-state index in [2.05, 4.69) is 21.2 Å². The Balaban J connectivity index is 1.46. The fraction of sp³-hybridized carbons (Fsp3) is 0.148. The molecule has 180 valence electrons. The van der Waals surface area contributed by atoms with Gasteiger partial charge in [-0.2, -0.15) is 0 Å². The van der Waals surface area contributed by atoms with Crippen LogP contribution in [0.1, 0.15) is 40.6 Å². The lowest BCUT2D eigenvalue weighted by Gasteiger charge is -2.14. The Morgan fingerprint density at radius 2 is 2.03 bits per heavy atom. The summed E-state index contributed by atoms with van der Waals surface area (Å²) in [5.41, 5.74) is 7.45. The molecule has 1 aliphatic heterocycles. The molecule has 0 radical (unpaired) electrons. The van der Waals surface area contributed by atoms with Crippen LogP contribution in [-0.2, 0) is 19.8 Å². The van der Waals surface area contributed by atoms with Crippen LogP contribution in [0.3, 0.4) is 0 Å². The smallest absolute Gasteiger partial charge is 0.439 e. The van der Waals surface area contributed by atoms with E-state index in [0.29, 0.717) is 29.3 Å². The van der Waals surface area contributed by atoms with Crippen molar-refractivity contribution in [1.82, 2.24) is 19.7 Å². The Morgan fingerprint density at radius 1 is 1.17 bits per heavy atom. The molecule has 2 N–H and O–H groups in total. The number of hydrogen-bond donors (Lipinski definition) is 2. The minimum atomic E-state index is -0.651. The Kier molecular flexibility index (Phi) is 5.26. The van der Waals surface area contributed by atoms with Crippen LogP contribution in [0.5, 0.6) is 5.75 Å². The second-order valence-corrected chi connectivity index (χ2v) is 8.68. The maximum absolute atomic E-state index is 14.1. The van der Waals surface area contributed by atoms with Gasteiger partial charge in [-0.05, 0) is 53.5 Å². The van der Waals surface area contributed by atoms with E-state index in [1.54, 1.807) is 12.4 Å². The highest BCUT2D eigenvalue weighted by Crippen LogP contribution is 2.41. The predicted molar refractivity (Wildman–Crippen MR) is 131 cm³/mol. The van der Waals surface area contributed by atoms with Gasteiger partial charge in [-0.25, -0.2) is 14.2 Å². The van der Waals surface area contributed by atoms with Crippen LogP contribution in [0.25, 0.3) is 22.2 Å². The van der Waals surface area contributed by atoms with Gasteiger partial charge in [-0.1, -0.05) is 29.4 Å². The monoisotopic (exact) mass is 484 g/mol. The van der Waals surface area contributed by atoms with Gasteiger partial charge in [0, 0.05) is 29.3 Å². The molecular weight excluding hydrogens is 463 g/mol. The molecule has 9 heteroatoms. The van der Waals surface area contributed by atoms with Crippen molar-refractivity contribution in [3.05, 3.63) is 111 Å². The van der Waals surface area contributed by atoms with E-state index in [1.807, 2.05) is 41.8 Å². The molecule has 3 heterocycles. The number of H-pyrrole nitrogens is 1. The topological polar surface area (TPSA) is 106 Å². The Morgan fingerprint density at radius 3 is 2.83 bits per heavy atom. The first-order valence-electron chi connectivity index (χ1n) is 11.4. The van der Waals surface area contributed by atoms with E-state index in [-0.39, 0.29) is 13.2 Å². The van der Waals surface area contributed by atoms with Gasteiger partial charge < -0.3 is 14.4 Å². The minimum Gasteiger partial charge on any atom is -0.488 e. The second-order valence-electron chi connectivity index (χ2n) is 8.68. The molecule has 0 saturated carbocycles. The fourth-order valence-electron chi connectivity index (χ4n) is 4.74. The molecule has 5 aromatic rings. The van der Waals surface area contributed by atoms with Crippen molar-refractivity contribution in [3.8, 4) is 5.75 Å². The number of ether oxygens (including phenoxy) is 1. The zero-order valence-electron chi connectivity index (χ0n) is 19.3. The first kappa shape index (κ1) is 22.0. The molecule has 0 fully saturated rings. The Bertz CT molecular complexity index is 1710. The van der Waals surface area contributed by atoms with Gasteiger partial charge in [0.15, 0.2) is 5.82 Å². The van der Waals surface area contributed by atoms with Gasteiger partial charge in [-0.3, -0.25) is 9.51 Å². The highest BCUT2D eigenvalue weighted by Gasteiger charge is 2.24. The molecule has 0 aliphatic carbocycles. The summed E-state index contributed by atoms with van der Waals surface area (Å²) in [5.74, 6) is -0.347. The Labute approximate surface area is 204 Å². The summed E-state index contributed by atoms with van der Waals surface area (Å²) in [6.45, 7) is 2.56. The highest BCUT2D eigenvalue weighted by atomic mass is 19.1. The summed E-state index contributed by atoms with van der Waals surface area (Å²) in [7, 11) is 0. The molecular formula is C27H21FN4O4. The van der Waals surface area contributed by atoms with E-state index in [4.69, 9.17) is 9.26 Å². The number of rotatable bonds is 4. The molecule has 0 spiro atoms. The van der Waals surface area contributed by atoms with E-state index in [1.165, 1.54) is 12.1 Å². The van der Waals surface area contributed by atoms with Crippen LogP contribution < -0.4 is 10.5 Å². The van der Waals surface area contributed by atoms with Crippen molar-refractivity contribution in [2.45, 2.75) is 26.7 Å². The third-order valence-corrected chi connectivity index (χ3v) is 6.46. The Hall–Kier alpha value is -4.50. The molecule has 0 bridgehead atoms. The average molecular weight is 484 g/mol. The zero-order chi connectivity index (χ0) is 24.8. The van der Waals surface area contributed by atoms with Gasteiger partial charge in [0.25, 0.3) is 0 Å². The molecule has 1 aliphatic rings. The highest BCUT2D eigenvalue weighted by molar-refractivity contribution is 5.99. The van der Waals surface area contributed by atoms with Crippen LogP contribution in [0.4, 0.5) is 4.39 Å².